The molecule has 2 aromatic carbocycles. The highest BCUT2D eigenvalue weighted by Crippen LogP contribution is 2.35. The number of ketones is 1. The Hall–Kier alpha value is -3.84. The van der Waals surface area contributed by atoms with Crippen LogP contribution in [0.25, 0.3) is 17.0 Å². The molecule has 0 saturated carbocycles. The average molecular weight is 456 g/mol. The van der Waals surface area contributed by atoms with E-state index in [1.54, 1.807) is 42.5 Å². The Kier molecular flexibility index (Phi) is 5.49. The van der Waals surface area contributed by atoms with Gasteiger partial charge < -0.3 is 9.64 Å². The fraction of sp³-hybridized carbons (Fsp3) is 0.259. The maximum atomic E-state index is 13.0. The molecule has 0 radical (unpaired) electrons. The second-order valence-electron chi connectivity index (χ2n) is 8.84. The first-order valence-corrected chi connectivity index (χ1v) is 11.3. The molecule has 1 fully saturated rings. The number of aromatic nitrogens is 1. The van der Waals surface area contributed by atoms with Crippen LogP contribution < -0.4 is 4.90 Å². The first-order valence-electron chi connectivity index (χ1n) is 11.3. The quantitative estimate of drug-likeness (QED) is 0.544. The number of hydrogen-bond acceptors (Lipinski definition) is 5. The lowest BCUT2D eigenvalue weighted by Crippen LogP contribution is -2.48. The topological polar surface area (TPSA) is 79.8 Å². The second-order valence-corrected chi connectivity index (χ2v) is 8.84. The Balaban J connectivity index is 1.45. The number of rotatable bonds is 2. The molecular weight excluding hydrogens is 430 g/mol. The van der Waals surface area contributed by atoms with Crippen LogP contribution in [0, 0.1) is 0 Å². The van der Waals surface area contributed by atoms with Crippen LogP contribution in [0.3, 0.4) is 0 Å². The third-order valence-electron chi connectivity index (χ3n) is 6.13. The van der Waals surface area contributed by atoms with Crippen molar-refractivity contribution >= 4 is 40.3 Å². The van der Waals surface area contributed by atoms with Crippen molar-refractivity contribution in [2.75, 3.05) is 18.0 Å². The largest absolute Gasteiger partial charge is 0.372 e. The zero-order valence-electron chi connectivity index (χ0n) is 19.3. The Morgan fingerprint density at radius 2 is 1.76 bits per heavy atom. The molecular formula is C27H25N3O4. The number of fused-ring (bicyclic) bond motifs is 2. The van der Waals surface area contributed by atoms with E-state index in [2.05, 4.69) is 4.98 Å². The number of amides is 2. The first kappa shape index (κ1) is 22.0. The summed E-state index contributed by atoms with van der Waals surface area (Å²) < 4.78 is 5.73. The maximum absolute atomic E-state index is 13.0. The molecule has 0 aliphatic carbocycles. The summed E-state index contributed by atoms with van der Waals surface area (Å²) >= 11 is 0. The lowest BCUT2D eigenvalue weighted by atomic mass is 10.1. The molecule has 1 aromatic heterocycles. The molecule has 0 bridgehead atoms. The lowest BCUT2D eigenvalue weighted by molar-refractivity contribution is -0.116. The standard InChI is InChI=1S/C27H25N3O4/c1-16-14-29(15-17(2)34-16)27(33)20-9-11-23-19(12-20)8-10-21(28-23)13-25-26(32)22-6-4-5-7-24(22)30(25)18(3)31/h4-13,16-17H,14-15H2,1-3H3/b25-13+. The number of carbonyl (C=O) groups is 3. The highest BCUT2D eigenvalue weighted by Gasteiger charge is 2.34. The van der Waals surface area contributed by atoms with Crippen LogP contribution in [-0.2, 0) is 9.53 Å². The molecule has 3 heterocycles. The lowest BCUT2D eigenvalue weighted by Gasteiger charge is -2.35. The number of hydrogen-bond donors (Lipinski definition) is 0. The van der Waals surface area contributed by atoms with Crippen LogP contribution in [0.5, 0.6) is 0 Å². The normalized spacial score (nSPS) is 21.3. The SMILES string of the molecule is CC(=O)N1/C(=C/c2ccc3cc(C(=O)N4CC(C)OC(C)C4)ccc3n2)C(=O)c2ccccc21. The predicted octanol–water partition coefficient (Wildman–Crippen LogP) is 4.07. The fourth-order valence-electron chi connectivity index (χ4n) is 4.72. The summed E-state index contributed by atoms with van der Waals surface area (Å²) in [5.74, 6) is -0.468. The van der Waals surface area contributed by atoms with E-state index < -0.39 is 0 Å². The van der Waals surface area contributed by atoms with E-state index in [1.807, 2.05) is 36.9 Å². The highest BCUT2D eigenvalue weighted by atomic mass is 16.5. The molecule has 7 heteroatoms. The molecule has 5 rings (SSSR count). The van der Waals surface area contributed by atoms with Gasteiger partial charge in [-0.15, -0.1) is 0 Å². The van der Waals surface area contributed by atoms with Gasteiger partial charge in [0.25, 0.3) is 5.91 Å². The van der Waals surface area contributed by atoms with E-state index >= 15 is 0 Å². The molecule has 3 aromatic rings. The number of benzene rings is 2. The monoisotopic (exact) mass is 455 g/mol. The van der Waals surface area contributed by atoms with Gasteiger partial charge in [0.05, 0.1) is 34.8 Å². The second kappa shape index (κ2) is 8.50. The van der Waals surface area contributed by atoms with Crippen molar-refractivity contribution in [3.63, 3.8) is 0 Å². The van der Waals surface area contributed by atoms with E-state index in [1.165, 1.54) is 11.8 Å². The summed E-state index contributed by atoms with van der Waals surface area (Å²) in [7, 11) is 0. The Bertz CT molecular complexity index is 1350. The van der Waals surface area contributed by atoms with Crippen LogP contribution in [0.2, 0.25) is 0 Å². The van der Waals surface area contributed by atoms with Gasteiger partial charge in [-0.3, -0.25) is 19.3 Å². The first-order chi connectivity index (χ1) is 16.3. The molecule has 2 amide bonds. The van der Waals surface area contributed by atoms with Crippen LogP contribution in [-0.4, -0.2) is 52.8 Å². The van der Waals surface area contributed by atoms with Crippen molar-refractivity contribution in [2.24, 2.45) is 0 Å². The number of carbonyl (C=O) groups excluding carboxylic acids is 3. The predicted molar refractivity (Wildman–Crippen MR) is 130 cm³/mol. The molecule has 0 N–H and O–H groups in total. The summed E-state index contributed by atoms with van der Waals surface area (Å²) in [6.07, 6.45) is 1.65. The minimum Gasteiger partial charge on any atom is -0.372 e. The summed E-state index contributed by atoms with van der Waals surface area (Å²) in [4.78, 5) is 46.2. The van der Waals surface area contributed by atoms with Gasteiger partial charge in [0, 0.05) is 36.5 Å². The summed E-state index contributed by atoms with van der Waals surface area (Å²) in [5, 5.41) is 0.826. The van der Waals surface area contributed by atoms with Crippen LogP contribution in [0.1, 0.15) is 47.2 Å². The number of morpholine rings is 1. The number of pyridine rings is 1. The van der Waals surface area contributed by atoms with Crippen LogP contribution >= 0.6 is 0 Å². The van der Waals surface area contributed by atoms with Crippen molar-refractivity contribution in [2.45, 2.75) is 33.0 Å². The number of anilines is 1. The van der Waals surface area contributed by atoms with Crippen molar-refractivity contribution in [3.05, 3.63) is 77.1 Å². The van der Waals surface area contributed by atoms with E-state index in [9.17, 15) is 14.4 Å². The van der Waals surface area contributed by atoms with Crippen molar-refractivity contribution < 1.29 is 19.1 Å². The molecule has 2 atom stereocenters. The van der Waals surface area contributed by atoms with Gasteiger partial charge in [-0.1, -0.05) is 18.2 Å². The third-order valence-corrected chi connectivity index (χ3v) is 6.13. The van der Waals surface area contributed by atoms with E-state index in [0.717, 1.165) is 5.39 Å². The van der Waals surface area contributed by atoms with Crippen LogP contribution in [0.15, 0.2) is 60.3 Å². The van der Waals surface area contributed by atoms with Gasteiger partial charge >= 0.3 is 0 Å². The number of para-hydroxylation sites is 1. The Labute approximate surface area is 197 Å². The molecule has 1 saturated heterocycles. The molecule has 34 heavy (non-hydrogen) atoms. The zero-order valence-corrected chi connectivity index (χ0v) is 19.3. The highest BCUT2D eigenvalue weighted by molar-refractivity contribution is 6.26. The van der Waals surface area contributed by atoms with Gasteiger partial charge in [0.2, 0.25) is 11.7 Å². The molecule has 0 spiro atoms. The smallest absolute Gasteiger partial charge is 0.254 e. The zero-order chi connectivity index (χ0) is 24.0. The number of allylic oxidation sites excluding steroid dienone is 1. The molecule has 7 nitrogen and oxygen atoms in total. The van der Waals surface area contributed by atoms with Crippen molar-refractivity contribution in [3.8, 4) is 0 Å². The van der Waals surface area contributed by atoms with Crippen molar-refractivity contribution in [1.29, 1.82) is 0 Å². The van der Waals surface area contributed by atoms with E-state index in [0.29, 0.717) is 41.1 Å². The minimum absolute atomic E-state index is 0.00409. The third kappa shape index (κ3) is 3.88. The van der Waals surface area contributed by atoms with Crippen molar-refractivity contribution in [1.82, 2.24) is 9.88 Å². The van der Waals surface area contributed by atoms with E-state index in [-0.39, 0.29) is 35.5 Å². The van der Waals surface area contributed by atoms with Gasteiger partial charge in [-0.25, -0.2) is 4.98 Å². The average Bonchev–Trinajstić information content (AvgIpc) is 3.09. The van der Waals surface area contributed by atoms with Gasteiger partial charge in [-0.05, 0) is 56.3 Å². The van der Waals surface area contributed by atoms with Gasteiger partial charge in [0.15, 0.2) is 0 Å². The maximum Gasteiger partial charge on any atom is 0.254 e. The fourth-order valence-corrected chi connectivity index (χ4v) is 4.72. The Morgan fingerprint density at radius 1 is 1.03 bits per heavy atom. The molecule has 2 aliphatic rings. The molecule has 172 valence electrons. The molecule has 2 aliphatic heterocycles. The summed E-state index contributed by atoms with van der Waals surface area (Å²) in [5.41, 5.74) is 3.23. The van der Waals surface area contributed by atoms with E-state index in [4.69, 9.17) is 4.74 Å². The number of Topliss-reactive ketones (excluding diaryl/α,β-unsaturated/α-hetero) is 1. The number of nitrogens with zero attached hydrogens (tertiary/aromatic N) is 3. The summed E-state index contributed by atoms with van der Waals surface area (Å²) in [6.45, 7) is 6.50. The molecule has 2 unspecified atom stereocenters. The minimum atomic E-state index is -0.236. The number of ether oxygens (including phenoxy) is 1. The van der Waals surface area contributed by atoms with Gasteiger partial charge in [-0.2, -0.15) is 0 Å². The van der Waals surface area contributed by atoms with Crippen LogP contribution in [0.4, 0.5) is 5.69 Å². The summed E-state index contributed by atoms with van der Waals surface area (Å²) in [6, 6.07) is 16.2. The van der Waals surface area contributed by atoms with Gasteiger partial charge in [0.1, 0.15) is 0 Å². The Morgan fingerprint density at radius 3 is 2.50 bits per heavy atom.